The standard InChI is InChI=1S/C13H15ClO2/c1-13(2)10(11(13)12(15)16-3)8-6-4-5-7-9(8)14/h4-7,10-11H,1-3H3. The van der Waals surface area contributed by atoms with Gasteiger partial charge >= 0.3 is 5.97 Å². The number of halogens is 1. The Morgan fingerprint density at radius 3 is 2.56 bits per heavy atom. The number of benzene rings is 1. The quantitative estimate of drug-likeness (QED) is 0.740. The van der Waals surface area contributed by atoms with Crippen LogP contribution in [0.4, 0.5) is 0 Å². The van der Waals surface area contributed by atoms with Crippen molar-refractivity contribution < 1.29 is 9.53 Å². The Morgan fingerprint density at radius 1 is 1.38 bits per heavy atom. The molecule has 0 heterocycles. The Bertz CT molecular complexity index is 426. The van der Waals surface area contributed by atoms with Crippen LogP contribution in [-0.4, -0.2) is 13.1 Å². The summed E-state index contributed by atoms with van der Waals surface area (Å²) in [6, 6.07) is 7.69. The molecule has 0 amide bonds. The Balaban J connectivity index is 2.31. The first-order chi connectivity index (χ1) is 7.50. The van der Waals surface area contributed by atoms with Gasteiger partial charge in [0.1, 0.15) is 0 Å². The van der Waals surface area contributed by atoms with Gasteiger partial charge in [-0.15, -0.1) is 0 Å². The lowest BCUT2D eigenvalue weighted by Crippen LogP contribution is -2.07. The van der Waals surface area contributed by atoms with Crippen LogP contribution in [0.1, 0.15) is 25.3 Å². The van der Waals surface area contributed by atoms with Crippen molar-refractivity contribution in [3.63, 3.8) is 0 Å². The van der Waals surface area contributed by atoms with Crippen LogP contribution in [0.25, 0.3) is 0 Å². The molecular formula is C13H15ClO2. The summed E-state index contributed by atoms with van der Waals surface area (Å²) in [6.07, 6.45) is 0. The fourth-order valence-corrected chi connectivity index (χ4v) is 2.77. The molecule has 1 aliphatic rings. The van der Waals surface area contributed by atoms with Gasteiger partial charge in [-0.1, -0.05) is 43.6 Å². The Morgan fingerprint density at radius 2 is 2.00 bits per heavy atom. The van der Waals surface area contributed by atoms with E-state index in [0.29, 0.717) is 0 Å². The van der Waals surface area contributed by atoms with Gasteiger partial charge in [0.2, 0.25) is 0 Å². The Labute approximate surface area is 101 Å². The molecule has 0 radical (unpaired) electrons. The minimum Gasteiger partial charge on any atom is -0.469 e. The van der Waals surface area contributed by atoms with Gasteiger partial charge in [0, 0.05) is 10.9 Å². The van der Waals surface area contributed by atoms with E-state index in [-0.39, 0.29) is 23.2 Å². The highest BCUT2D eigenvalue weighted by Crippen LogP contribution is 2.65. The fourth-order valence-electron chi connectivity index (χ4n) is 2.51. The Hall–Kier alpha value is -1.02. The van der Waals surface area contributed by atoms with Crippen molar-refractivity contribution in [2.75, 3.05) is 7.11 Å². The van der Waals surface area contributed by atoms with Crippen molar-refractivity contribution in [2.45, 2.75) is 19.8 Å². The normalized spacial score (nSPS) is 26.2. The molecular weight excluding hydrogens is 224 g/mol. The number of hydrogen-bond acceptors (Lipinski definition) is 2. The van der Waals surface area contributed by atoms with E-state index in [4.69, 9.17) is 16.3 Å². The second kappa shape index (κ2) is 3.77. The average Bonchev–Trinajstić information content (AvgIpc) is 2.81. The van der Waals surface area contributed by atoms with Crippen LogP contribution in [0.5, 0.6) is 0 Å². The second-order valence-corrected chi connectivity index (χ2v) is 5.23. The number of rotatable bonds is 2. The number of esters is 1. The van der Waals surface area contributed by atoms with Gasteiger partial charge < -0.3 is 4.74 Å². The van der Waals surface area contributed by atoms with Crippen LogP contribution in [0.2, 0.25) is 5.02 Å². The molecule has 86 valence electrons. The molecule has 0 bridgehead atoms. The van der Waals surface area contributed by atoms with E-state index in [1.54, 1.807) is 0 Å². The third kappa shape index (κ3) is 1.61. The number of hydrogen-bond donors (Lipinski definition) is 0. The number of carbonyl (C=O) groups excluding carboxylic acids is 1. The third-order valence-corrected chi connectivity index (χ3v) is 3.87. The van der Waals surface area contributed by atoms with Crippen molar-refractivity contribution in [2.24, 2.45) is 11.3 Å². The highest BCUT2D eigenvalue weighted by atomic mass is 35.5. The predicted molar refractivity (Wildman–Crippen MR) is 63.5 cm³/mol. The maximum Gasteiger partial charge on any atom is 0.309 e. The molecule has 2 unspecified atom stereocenters. The molecule has 0 spiro atoms. The van der Waals surface area contributed by atoms with E-state index in [1.165, 1.54) is 7.11 Å². The largest absolute Gasteiger partial charge is 0.469 e. The average molecular weight is 239 g/mol. The van der Waals surface area contributed by atoms with Gasteiger partial charge in [-0.05, 0) is 17.0 Å². The molecule has 2 atom stereocenters. The highest BCUT2D eigenvalue weighted by Gasteiger charge is 2.63. The first-order valence-corrected chi connectivity index (χ1v) is 5.70. The molecule has 1 aromatic rings. The molecule has 0 aliphatic heterocycles. The van der Waals surface area contributed by atoms with E-state index < -0.39 is 0 Å². The monoisotopic (exact) mass is 238 g/mol. The Kier molecular flexibility index (Phi) is 2.70. The summed E-state index contributed by atoms with van der Waals surface area (Å²) in [6.45, 7) is 4.14. The van der Waals surface area contributed by atoms with Gasteiger partial charge in [0.25, 0.3) is 0 Å². The first kappa shape index (κ1) is 11.5. The summed E-state index contributed by atoms with van der Waals surface area (Å²) in [5.41, 5.74) is 0.988. The lowest BCUT2D eigenvalue weighted by Gasteiger charge is -2.04. The molecule has 0 aromatic heterocycles. The van der Waals surface area contributed by atoms with Crippen molar-refractivity contribution in [3.05, 3.63) is 34.9 Å². The molecule has 1 saturated carbocycles. The maximum atomic E-state index is 11.6. The lowest BCUT2D eigenvalue weighted by atomic mass is 10.0. The molecule has 1 aromatic carbocycles. The van der Waals surface area contributed by atoms with Crippen LogP contribution in [-0.2, 0) is 9.53 Å². The molecule has 2 nitrogen and oxygen atoms in total. The third-order valence-electron chi connectivity index (χ3n) is 3.52. The van der Waals surface area contributed by atoms with E-state index in [1.807, 2.05) is 24.3 Å². The van der Waals surface area contributed by atoms with Crippen LogP contribution < -0.4 is 0 Å². The van der Waals surface area contributed by atoms with Crippen molar-refractivity contribution in [3.8, 4) is 0 Å². The molecule has 1 aliphatic carbocycles. The molecule has 0 N–H and O–H groups in total. The van der Waals surface area contributed by atoms with Crippen molar-refractivity contribution in [1.29, 1.82) is 0 Å². The van der Waals surface area contributed by atoms with Gasteiger partial charge in [-0.3, -0.25) is 4.79 Å². The van der Waals surface area contributed by atoms with Crippen LogP contribution in [0, 0.1) is 11.3 Å². The number of carbonyl (C=O) groups is 1. The van der Waals surface area contributed by atoms with E-state index in [9.17, 15) is 4.79 Å². The van der Waals surface area contributed by atoms with Crippen LogP contribution in [0.3, 0.4) is 0 Å². The summed E-state index contributed by atoms with van der Waals surface area (Å²) >= 11 is 6.15. The van der Waals surface area contributed by atoms with E-state index in [0.717, 1.165) is 10.6 Å². The number of ether oxygens (including phenoxy) is 1. The molecule has 1 fully saturated rings. The minimum absolute atomic E-state index is 0.0575. The van der Waals surface area contributed by atoms with Crippen molar-refractivity contribution in [1.82, 2.24) is 0 Å². The number of methoxy groups -OCH3 is 1. The summed E-state index contributed by atoms with van der Waals surface area (Å²) in [7, 11) is 1.43. The molecule has 16 heavy (non-hydrogen) atoms. The van der Waals surface area contributed by atoms with Crippen molar-refractivity contribution >= 4 is 17.6 Å². The molecule has 3 heteroatoms. The van der Waals surface area contributed by atoms with E-state index in [2.05, 4.69) is 13.8 Å². The zero-order valence-electron chi connectivity index (χ0n) is 9.66. The molecule has 2 rings (SSSR count). The van der Waals surface area contributed by atoms with Gasteiger partial charge in [-0.2, -0.15) is 0 Å². The van der Waals surface area contributed by atoms with Crippen LogP contribution in [0.15, 0.2) is 24.3 Å². The summed E-state index contributed by atoms with van der Waals surface area (Å²) in [5.74, 6) is -0.0408. The maximum absolute atomic E-state index is 11.6. The van der Waals surface area contributed by atoms with Crippen LogP contribution >= 0.6 is 11.6 Å². The summed E-state index contributed by atoms with van der Waals surface area (Å²) in [4.78, 5) is 11.6. The SMILES string of the molecule is COC(=O)C1C(c2ccccc2Cl)C1(C)C. The lowest BCUT2D eigenvalue weighted by molar-refractivity contribution is -0.143. The fraction of sp³-hybridized carbons (Fsp3) is 0.462. The predicted octanol–water partition coefficient (Wildman–Crippen LogP) is 3.25. The zero-order chi connectivity index (χ0) is 11.9. The van der Waals surface area contributed by atoms with Gasteiger partial charge in [0.15, 0.2) is 0 Å². The smallest absolute Gasteiger partial charge is 0.309 e. The second-order valence-electron chi connectivity index (χ2n) is 4.82. The summed E-state index contributed by atoms with van der Waals surface area (Å²) in [5, 5.41) is 0.729. The summed E-state index contributed by atoms with van der Waals surface area (Å²) < 4.78 is 4.82. The van der Waals surface area contributed by atoms with Gasteiger partial charge in [0.05, 0.1) is 13.0 Å². The molecule has 0 saturated heterocycles. The highest BCUT2D eigenvalue weighted by molar-refractivity contribution is 6.31. The first-order valence-electron chi connectivity index (χ1n) is 5.32. The van der Waals surface area contributed by atoms with E-state index >= 15 is 0 Å². The van der Waals surface area contributed by atoms with Gasteiger partial charge in [-0.25, -0.2) is 0 Å². The topological polar surface area (TPSA) is 26.3 Å². The minimum atomic E-state index is -0.144. The zero-order valence-corrected chi connectivity index (χ0v) is 10.4.